The molecule has 0 bridgehead atoms. The van der Waals surface area contributed by atoms with Gasteiger partial charge in [0, 0.05) is 44.8 Å². The molecule has 2 fully saturated rings. The van der Waals surface area contributed by atoms with E-state index >= 15 is 0 Å². The van der Waals surface area contributed by atoms with Gasteiger partial charge in [0.05, 0.1) is 17.0 Å². The maximum atomic E-state index is 12.8. The highest BCUT2D eigenvalue weighted by molar-refractivity contribution is 6.33. The first-order chi connectivity index (χ1) is 13.1. The van der Waals surface area contributed by atoms with Crippen molar-refractivity contribution >= 4 is 29.1 Å². The maximum Gasteiger partial charge on any atom is 0.289 e. The number of nitrogens with zero attached hydrogens (tertiary/aromatic N) is 3. The van der Waals surface area contributed by atoms with Crippen molar-refractivity contribution in [2.45, 2.75) is 12.8 Å². The Morgan fingerprint density at radius 3 is 2.15 bits per heavy atom. The van der Waals surface area contributed by atoms with E-state index in [4.69, 9.17) is 16.0 Å². The highest BCUT2D eigenvalue weighted by atomic mass is 35.5. The van der Waals surface area contributed by atoms with Crippen molar-refractivity contribution in [2.24, 2.45) is 0 Å². The van der Waals surface area contributed by atoms with E-state index in [1.807, 2.05) is 12.1 Å². The third kappa shape index (κ3) is 3.67. The number of benzene rings is 1. The molecular weight excluding hydrogens is 366 g/mol. The van der Waals surface area contributed by atoms with E-state index in [1.165, 1.54) is 19.1 Å². The molecule has 0 saturated carbocycles. The van der Waals surface area contributed by atoms with Crippen LogP contribution in [0.2, 0.25) is 5.02 Å². The SMILES string of the molecule is O=C(c1ccc(N2CCCC2)c(Cl)c1)N1CCN(C(=O)c2ccco2)CC1. The van der Waals surface area contributed by atoms with E-state index in [-0.39, 0.29) is 11.8 Å². The van der Waals surface area contributed by atoms with Gasteiger partial charge < -0.3 is 19.1 Å². The van der Waals surface area contributed by atoms with Gasteiger partial charge in [-0.3, -0.25) is 9.59 Å². The molecule has 0 radical (unpaired) electrons. The fourth-order valence-corrected chi connectivity index (χ4v) is 4.01. The summed E-state index contributed by atoms with van der Waals surface area (Å²) in [5.41, 5.74) is 1.59. The molecule has 142 valence electrons. The summed E-state index contributed by atoms with van der Waals surface area (Å²) in [7, 11) is 0. The number of piperazine rings is 1. The van der Waals surface area contributed by atoms with E-state index in [2.05, 4.69) is 4.90 Å². The summed E-state index contributed by atoms with van der Waals surface area (Å²) >= 11 is 6.44. The number of halogens is 1. The highest BCUT2D eigenvalue weighted by Crippen LogP contribution is 2.30. The average molecular weight is 388 g/mol. The van der Waals surface area contributed by atoms with Crippen LogP contribution in [0.1, 0.15) is 33.8 Å². The maximum absolute atomic E-state index is 12.8. The molecule has 7 heteroatoms. The molecule has 0 N–H and O–H groups in total. The fraction of sp³-hybridized carbons (Fsp3) is 0.400. The van der Waals surface area contributed by atoms with E-state index in [1.54, 1.807) is 28.0 Å². The van der Waals surface area contributed by atoms with Gasteiger partial charge in [-0.25, -0.2) is 0 Å². The van der Waals surface area contributed by atoms with Crippen LogP contribution in [-0.4, -0.2) is 60.9 Å². The molecule has 27 heavy (non-hydrogen) atoms. The van der Waals surface area contributed by atoms with Crippen molar-refractivity contribution < 1.29 is 14.0 Å². The Bertz CT molecular complexity index is 823. The molecule has 3 heterocycles. The lowest BCUT2D eigenvalue weighted by Crippen LogP contribution is -2.50. The Morgan fingerprint density at radius 1 is 0.889 bits per heavy atom. The van der Waals surface area contributed by atoms with Crippen LogP contribution >= 0.6 is 11.6 Å². The zero-order chi connectivity index (χ0) is 18.8. The van der Waals surface area contributed by atoms with Gasteiger partial charge in [0.1, 0.15) is 0 Å². The molecule has 1 aromatic carbocycles. The van der Waals surface area contributed by atoms with Crippen molar-refractivity contribution in [1.29, 1.82) is 0 Å². The number of anilines is 1. The molecule has 0 aliphatic carbocycles. The van der Waals surface area contributed by atoms with Crippen molar-refractivity contribution in [3.8, 4) is 0 Å². The van der Waals surface area contributed by atoms with Crippen LogP contribution in [0.15, 0.2) is 41.0 Å². The Hall–Kier alpha value is -2.47. The summed E-state index contributed by atoms with van der Waals surface area (Å²) in [6.07, 6.45) is 3.85. The topological polar surface area (TPSA) is 57.0 Å². The van der Waals surface area contributed by atoms with Crippen LogP contribution in [0.5, 0.6) is 0 Å². The number of rotatable bonds is 3. The first-order valence-corrected chi connectivity index (χ1v) is 9.68. The summed E-state index contributed by atoms with van der Waals surface area (Å²) in [5.74, 6) is 0.152. The average Bonchev–Trinajstić information content (AvgIpc) is 3.41. The Balaban J connectivity index is 1.39. The molecule has 1 aromatic heterocycles. The lowest BCUT2D eigenvalue weighted by Gasteiger charge is -2.34. The number of hydrogen-bond acceptors (Lipinski definition) is 4. The number of carbonyl (C=O) groups is 2. The van der Waals surface area contributed by atoms with Gasteiger partial charge >= 0.3 is 0 Å². The number of amides is 2. The summed E-state index contributed by atoms with van der Waals surface area (Å²) in [6.45, 7) is 4.00. The molecule has 0 atom stereocenters. The molecular formula is C20H22ClN3O3. The minimum Gasteiger partial charge on any atom is -0.459 e. The quantitative estimate of drug-likeness (QED) is 0.811. The summed E-state index contributed by atoms with van der Waals surface area (Å²) in [4.78, 5) is 30.9. The molecule has 0 spiro atoms. The van der Waals surface area contributed by atoms with Crippen molar-refractivity contribution in [3.05, 3.63) is 52.9 Å². The largest absolute Gasteiger partial charge is 0.459 e. The lowest BCUT2D eigenvalue weighted by molar-refractivity contribution is 0.0518. The molecule has 0 unspecified atom stereocenters. The molecule has 4 rings (SSSR count). The van der Waals surface area contributed by atoms with Crippen LogP contribution < -0.4 is 4.90 Å². The van der Waals surface area contributed by atoms with Gasteiger partial charge in [0.2, 0.25) is 0 Å². The third-order valence-electron chi connectivity index (χ3n) is 5.23. The minimum atomic E-state index is -0.134. The Morgan fingerprint density at radius 2 is 1.56 bits per heavy atom. The second-order valence-electron chi connectivity index (χ2n) is 6.92. The third-order valence-corrected chi connectivity index (χ3v) is 5.53. The predicted molar refractivity (Wildman–Crippen MR) is 103 cm³/mol. The fourth-order valence-electron chi connectivity index (χ4n) is 3.71. The highest BCUT2D eigenvalue weighted by Gasteiger charge is 2.27. The van der Waals surface area contributed by atoms with Gasteiger partial charge in [0.25, 0.3) is 11.8 Å². The van der Waals surface area contributed by atoms with Gasteiger partial charge in [-0.2, -0.15) is 0 Å². The summed E-state index contributed by atoms with van der Waals surface area (Å²) < 4.78 is 5.17. The van der Waals surface area contributed by atoms with E-state index < -0.39 is 0 Å². The number of hydrogen-bond donors (Lipinski definition) is 0. The van der Waals surface area contributed by atoms with Crippen LogP contribution in [0.4, 0.5) is 5.69 Å². The van der Waals surface area contributed by atoms with Crippen LogP contribution in [0, 0.1) is 0 Å². The van der Waals surface area contributed by atoms with Crippen LogP contribution in [0.25, 0.3) is 0 Å². The smallest absolute Gasteiger partial charge is 0.289 e. The first kappa shape index (κ1) is 17.9. The minimum absolute atomic E-state index is 0.0463. The molecule has 2 aliphatic rings. The number of furan rings is 1. The number of carbonyl (C=O) groups excluding carboxylic acids is 2. The monoisotopic (exact) mass is 387 g/mol. The molecule has 2 saturated heterocycles. The zero-order valence-corrected chi connectivity index (χ0v) is 15.8. The molecule has 2 aliphatic heterocycles. The van der Waals surface area contributed by atoms with Gasteiger partial charge in [0.15, 0.2) is 5.76 Å². The van der Waals surface area contributed by atoms with E-state index in [0.29, 0.717) is 42.5 Å². The first-order valence-electron chi connectivity index (χ1n) is 9.30. The van der Waals surface area contributed by atoms with Gasteiger partial charge in [-0.05, 0) is 43.2 Å². The lowest BCUT2D eigenvalue weighted by atomic mass is 10.1. The van der Waals surface area contributed by atoms with Crippen LogP contribution in [-0.2, 0) is 0 Å². The second kappa shape index (κ2) is 7.64. The van der Waals surface area contributed by atoms with E-state index in [9.17, 15) is 9.59 Å². The molecule has 6 nitrogen and oxygen atoms in total. The Kier molecular flexibility index (Phi) is 5.07. The predicted octanol–water partition coefficient (Wildman–Crippen LogP) is 3.13. The van der Waals surface area contributed by atoms with Crippen molar-refractivity contribution in [1.82, 2.24) is 9.80 Å². The second-order valence-corrected chi connectivity index (χ2v) is 7.33. The Labute approximate surface area is 163 Å². The van der Waals surface area contributed by atoms with Crippen LogP contribution in [0.3, 0.4) is 0 Å². The van der Waals surface area contributed by atoms with E-state index in [0.717, 1.165) is 18.8 Å². The summed E-state index contributed by atoms with van der Waals surface area (Å²) in [6, 6.07) is 8.91. The normalized spacial score (nSPS) is 17.4. The van der Waals surface area contributed by atoms with Gasteiger partial charge in [-0.15, -0.1) is 0 Å². The van der Waals surface area contributed by atoms with Crippen molar-refractivity contribution in [2.75, 3.05) is 44.2 Å². The summed E-state index contributed by atoms with van der Waals surface area (Å²) in [5, 5.41) is 0.620. The standard InChI is InChI=1S/C20H22ClN3O3/c21-16-14-15(5-6-17(16)22-7-1-2-8-22)19(25)23-9-11-24(12-10-23)20(26)18-4-3-13-27-18/h3-6,13-14H,1-2,7-12H2. The van der Waals surface area contributed by atoms with Gasteiger partial charge in [-0.1, -0.05) is 11.6 Å². The zero-order valence-electron chi connectivity index (χ0n) is 15.1. The molecule has 2 aromatic rings. The van der Waals surface area contributed by atoms with Crippen molar-refractivity contribution in [3.63, 3.8) is 0 Å². The molecule has 2 amide bonds.